The van der Waals surface area contributed by atoms with E-state index in [1.165, 1.54) is 35.7 Å². The molecule has 0 aliphatic carbocycles. The van der Waals surface area contributed by atoms with Crippen molar-refractivity contribution in [1.29, 1.82) is 10.5 Å². The van der Waals surface area contributed by atoms with Gasteiger partial charge in [-0.3, -0.25) is 4.98 Å². The molecule has 0 bridgehead atoms. The van der Waals surface area contributed by atoms with Gasteiger partial charge in [0.05, 0.1) is 44.6 Å². The quantitative estimate of drug-likeness (QED) is 0.176. The third-order valence-corrected chi connectivity index (χ3v) is 9.36. The zero-order valence-electron chi connectivity index (χ0n) is 23.6. The smallest absolute Gasteiger partial charge is 0.141 e. The second-order valence-electron chi connectivity index (χ2n) is 10.5. The van der Waals surface area contributed by atoms with E-state index < -0.39 is 11.9 Å². The third-order valence-electron chi connectivity index (χ3n) is 7.78. The molecule has 4 heterocycles. The first-order valence-corrected chi connectivity index (χ1v) is 15.6. The van der Waals surface area contributed by atoms with Gasteiger partial charge in [0.2, 0.25) is 0 Å². The predicted octanol–water partition coefficient (Wildman–Crippen LogP) is 7.68. The van der Waals surface area contributed by atoms with Crippen molar-refractivity contribution in [2.24, 2.45) is 0 Å². The number of rotatable bonds is 8. The van der Waals surface area contributed by atoms with E-state index in [4.69, 9.17) is 23.2 Å². The molecular weight excluding hydrogens is 620 g/mol. The van der Waals surface area contributed by atoms with Crippen LogP contribution in [0.25, 0.3) is 10.9 Å². The molecule has 222 valence electrons. The topological polar surface area (TPSA) is 118 Å². The van der Waals surface area contributed by atoms with Gasteiger partial charge in [0, 0.05) is 46.3 Å². The number of benzene rings is 2. The fourth-order valence-corrected chi connectivity index (χ4v) is 6.75. The van der Waals surface area contributed by atoms with Gasteiger partial charge in [0.1, 0.15) is 29.7 Å². The molecule has 0 radical (unpaired) electrons. The molecule has 1 atom stereocenters. The van der Waals surface area contributed by atoms with Gasteiger partial charge < -0.3 is 15.5 Å². The molecule has 1 aliphatic rings. The number of anilines is 3. The maximum absolute atomic E-state index is 13.8. The first kappa shape index (κ1) is 29.8. The Morgan fingerprint density at radius 2 is 1.89 bits per heavy atom. The lowest BCUT2D eigenvalue weighted by atomic mass is 10.1. The van der Waals surface area contributed by atoms with Gasteiger partial charge in [0.15, 0.2) is 0 Å². The lowest BCUT2D eigenvalue weighted by Gasteiger charge is -2.30. The van der Waals surface area contributed by atoms with E-state index in [2.05, 4.69) is 49.9 Å². The minimum atomic E-state index is -0.547. The third kappa shape index (κ3) is 6.05. The van der Waals surface area contributed by atoms with Crippen molar-refractivity contribution in [3.63, 3.8) is 0 Å². The summed E-state index contributed by atoms with van der Waals surface area (Å²) in [5.41, 5.74) is 3.61. The second kappa shape index (κ2) is 12.8. The molecule has 1 aliphatic heterocycles. The highest BCUT2D eigenvalue weighted by atomic mass is 35.5. The molecule has 1 fully saturated rings. The van der Waals surface area contributed by atoms with E-state index >= 15 is 0 Å². The average Bonchev–Trinajstić information content (AvgIpc) is 3.73. The molecule has 1 unspecified atom stereocenters. The molecule has 6 rings (SSSR count). The normalized spacial score (nSPS) is 14.7. The van der Waals surface area contributed by atoms with Crippen LogP contribution < -0.4 is 10.6 Å². The highest BCUT2D eigenvalue weighted by Gasteiger charge is 2.25. The van der Waals surface area contributed by atoms with Crippen LogP contribution in [0.1, 0.15) is 53.5 Å². The van der Waals surface area contributed by atoms with Crippen LogP contribution in [0.15, 0.2) is 54.2 Å². The lowest BCUT2D eigenvalue weighted by molar-refractivity contribution is 0.186. The second-order valence-corrected chi connectivity index (χ2v) is 12.2. The number of thiophene rings is 1. The molecule has 0 saturated carbocycles. The number of nitrogens with zero attached hydrogens (tertiary/aromatic N) is 7. The fraction of sp³-hybridized carbons (Fsp3) is 0.258. The number of likely N-dealkylation sites (tertiary alicyclic amines) is 1. The molecule has 3 aromatic heterocycles. The molecule has 13 heteroatoms. The van der Waals surface area contributed by atoms with Crippen molar-refractivity contribution in [1.82, 2.24) is 24.9 Å². The van der Waals surface area contributed by atoms with E-state index in [0.29, 0.717) is 44.2 Å². The average molecular weight is 647 g/mol. The van der Waals surface area contributed by atoms with Crippen molar-refractivity contribution in [2.45, 2.75) is 31.8 Å². The number of fused-ring (bicyclic) bond motifs is 1. The first-order valence-electron chi connectivity index (χ1n) is 14.0. The minimum absolute atomic E-state index is 0.0493. The summed E-state index contributed by atoms with van der Waals surface area (Å²) >= 11 is 14.2. The summed E-state index contributed by atoms with van der Waals surface area (Å²) in [5.74, 6) is -0.547. The number of hydrogen-bond donors (Lipinski definition) is 2. The van der Waals surface area contributed by atoms with E-state index in [9.17, 15) is 14.9 Å². The Morgan fingerprint density at radius 1 is 1.09 bits per heavy atom. The summed E-state index contributed by atoms with van der Waals surface area (Å²) < 4.78 is 15.8. The van der Waals surface area contributed by atoms with E-state index in [1.807, 2.05) is 23.0 Å². The molecule has 1 saturated heterocycles. The van der Waals surface area contributed by atoms with Crippen molar-refractivity contribution in [3.8, 4) is 12.1 Å². The molecule has 44 heavy (non-hydrogen) atoms. The van der Waals surface area contributed by atoms with Crippen LogP contribution >= 0.6 is 34.5 Å². The number of hydrogen-bond acceptors (Lipinski definition) is 9. The van der Waals surface area contributed by atoms with Crippen molar-refractivity contribution in [2.75, 3.05) is 30.3 Å². The van der Waals surface area contributed by atoms with E-state index in [1.54, 1.807) is 11.4 Å². The van der Waals surface area contributed by atoms with Crippen LogP contribution in [0.2, 0.25) is 10.0 Å². The molecular formula is C31H26Cl2FN9S. The van der Waals surface area contributed by atoms with Gasteiger partial charge in [-0.15, -0.1) is 16.4 Å². The van der Waals surface area contributed by atoms with Crippen molar-refractivity contribution < 1.29 is 4.39 Å². The van der Waals surface area contributed by atoms with Gasteiger partial charge in [-0.05, 0) is 55.8 Å². The lowest BCUT2D eigenvalue weighted by Crippen LogP contribution is -2.34. The van der Waals surface area contributed by atoms with Crippen molar-refractivity contribution in [3.05, 3.63) is 91.7 Å². The Hall–Kier alpha value is -4.26. The number of aromatic nitrogens is 4. The molecule has 9 nitrogen and oxygen atoms in total. The Bertz CT molecular complexity index is 1920. The van der Waals surface area contributed by atoms with E-state index in [0.717, 1.165) is 37.4 Å². The van der Waals surface area contributed by atoms with Gasteiger partial charge >= 0.3 is 0 Å². The monoisotopic (exact) mass is 645 g/mol. The van der Waals surface area contributed by atoms with Gasteiger partial charge in [0.25, 0.3) is 0 Å². The summed E-state index contributed by atoms with van der Waals surface area (Å²) in [7, 11) is 0. The molecule has 2 N–H and O–H groups in total. The summed E-state index contributed by atoms with van der Waals surface area (Å²) in [5, 5.41) is 37.9. The summed E-state index contributed by atoms with van der Waals surface area (Å²) in [4.78, 5) is 7.74. The number of halogens is 3. The van der Waals surface area contributed by atoms with Crippen molar-refractivity contribution >= 4 is 62.5 Å². The predicted molar refractivity (Wildman–Crippen MR) is 171 cm³/mol. The number of pyridine rings is 1. The number of nitriles is 2. The standard InChI is InChI=1S/C31H26Cl2FN9S/c1-2-42-7-5-22(6-8-42)43-16-27(40-41-43)31(28-9-18(13-35)17-44-28)39-21-10-23-29(38-20-3-4-26(34)24(32)11-20)19(14-36)15-37-30(23)25(33)12-21/h3-4,9-12,15-17,22,31,39H,2,5-8H2,1H3,(H,37,38). The highest BCUT2D eigenvalue weighted by molar-refractivity contribution is 7.10. The Morgan fingerprint density at radius 3 is 2.59 bits per heavy atom. The van der Waals surface area contributed by atoms with Gasteiger partial charge in [-0.1, -0.05) is 35.3 Å². The van der Waals surface area contributed by atoms with Gasteiger partial charge in [-0.25, -0.2) is 9.07 Å². The van der Waals surface area contributed by atoms with Crippen LogP contribution in [-0.4, -0.2) is 44.5 Å². The molecule has 5 aromatic rings. The highest BCUT2D eigenvalue weighted by Crippen LogP contribution is 2.38. The Kier molecular flexibility index (Phi) is 8.65. The van der Waals surface area contributed by atoms with Crippen LogP contribution in [-0.2, 0) is 0 Å². The van der Waals surface area contributed by atoms with Crippen LogP contribution in [0.4, 0.5) is 21.5 Å². The Labute approximate surface area is 267 Å². The van der Waals surface area contributed by atoms with Crippen LogP contribution in [0, 0.1) is 28.5 Å². The fourth-order valence-electron chi connectivity index (χ4n) is 5.40. The zero-order chi connectivity index (χ0) is 30.8. The van der Waals surface area contributed by atoms with Gasteiger partial charge in [-0.2, -0.15) is 10.5 Å². The minimum Gasteiger partial charge on any atom is -0.372 e. The largest absolute Gasteiger partial charge is 0.372 e. The summed E-state index contributed by atoms with van der Waals surface area (Å²) in [6.45, 7) is 5.25. The maximum atomic E-state index is 13.8. The molecule has 2 aromatic carbocycles. The first-order chi connectivity index (χ1) is 21.4. The van der Waals surface area contributed by atoms with E-state index in [-0.39, 0.29) is 16.6 Å². The number of piperidine rings is 1. The molecule has 0 amide bonds. The Balaban J connectivity index is 1.38. The molecule has 0 spiro atoms. The summed E-state index contributed by atoms with van der Waals surface area (Å²) in [6, 6.07) is 13.9. The maximum Gasteiger partial charge on any atom is 0.141 e. The van der Waals surface area contributed by atoms with Crippen LogP contribution in [0.3, 0.4) is 0 Å². The number of nitrogens with one attached hydrogen (secondary N) is 2. The SMILES string of the molecule is CCN1CCC(n2cc(C(Nc3cc(Cl)c4ncc(C#N)c(Nc5ccc(F)c(Cl)c5)c4c3)c3cc(C#N)cs3)nn2)CC1. The van der Waals surface area contributed by atoms with Crippen LogP contribution in [0.5, 0.6) is 0 Å². The zero-order valence-corrected chi connectivity index (χ0v) is 25.9. The summed E-state index contributed by atoms with van der Waals surface area (Å²) in [6.07, 6.45) is 5.40.